The fourth-order valence-electron chi connectivity index (χ4n) is 7.68. The van der Waals surface area contributed by atoms with E-state index in [4.69, 9.17) is 39.5 Å². The number of hydrogen-bond donors (Lipinski definition) is 6. The van der Waals surface area contributed by atoms with Crippen LogP contribution in [0.1, 0.15) is 48.9 Å². The number of anilines is 3. The van der Waals surface area contributed by atoms with Gasteiger partial charge < -0.3 is 24.4 Å². The number of hydrogen-bond acceptors (Lipinski definition) is 12. The van der Waals surface area contributed by atoms with Gasteiger partial charge in [0, 0.05) is 85.9 Å². The predicted octanol–water partition coefficient (Wildman–Crippen LogP) is 11.5. The lowest BCUT2D eigenvalue weighted by atomic mass is 10.2. The second-order valence-corrected chi connectivity index (χ2v) is 23.4. The van der Waals surface area contributed by atoms with Crippen LogP contribution < -0.4 is 23.6 Å². The summed E-state index contributed by atoms with van der Waals surface area (Å²) in [5, 5.41) is 2.08. The van der Waals surface area contributed by atoms with Gasteiger partial charge in [0.1, 0.15) is 54.2 Å². The van der Waals surface area contributed by atoms with E-state index in [1.807, 2.05) is 4.72 Å². The molecular weight excluding hydrogens is 1170 g/mol. The zero-order valence-electron chi connectivity index (χ0n) is 39.4. The lowest BCUT2D eigenvalue weighted by Crippen LogP contribution is -2.15. The molecule has 0 unspecified atom stereocenters. The van der Waals surface area contributed by atoms with Crippen LogP contribution in [0.4, 0.5) is 47.8 Å². The monoisotopic (exact) mass is 1200 g/mol. The number of nitrogens with zero attached hydrogens (tertiary/aromatic N) is 4. The summed E-state index contributed by atoms with van der Waals surface area (Å²) < 4.78 is 186. The molecule has 0 spiro atoms. The highest BCUT2D eigenvalue weighted by Gasteiger charge is 2.32. The number of methoxy groups -OCH3 is 1. The number of nitrogens with one attached hydrogen (secondary N) is 6. The van der Waals surface area contributed by atoms with Crippen molar-refractivity contribution in [2.75, 3.05) is 27.9 Å². The zero-order valence-corrected chi connectivity index (χ0v) is 44.1. The second kappa shape index (κ2) is 22.0. The van der Waals surface area contributed by atoms with Crippen molar-refractivity contribution in [1.29, 1.82) is 0 Å². The number of pyridine rings is 4. The minimum Gasteiger partial charge on any atom is -0.479 e. The molecule has 2 aromatic carbocycles. The number of fused-ring (bicyclic) bond motifs is 3. The fraction of sp³-hybridized carbons (Fsp3) is 0.191. The number of aromatic nitrogens is 7. The molecule has 0 amide bonds. The average molecular weight is 1200 g/mol. The van der Waals surface area contributed by atoms with Crippen LogP contribution in [0.3, 0.4) is 0 Å². The largest absolute Gasteiger partial charge is 0.479 e. The van der Waals surface area contributed by atoms with Crippen molar-refractivity contribution in [2.24, 2.45) is 0 Å². The summed E-state index contributed by atoms with van der Waals surface area (Å²) in [4.78, 5) is 22.6. The van der Waals surface area contributed by atoms with Gasteiger partial charge in [-0.3, -0.25) is 14.2 Å². The Bertz CT molecular complexity index is 3980. The predicted molar refractivity (Wildman–Crippen MR) is 275 cm³/mol. The molecule has 7 heterocycles. The van der Waals surface area contributed by atoms with E-state index in [1.165, 1.54) is 48.9 Å². The number of H-pyrrole nitrogens is 3. The molecule has 11 rings (SSSR count). The second-order valence-electron chi connectivity index (χ2n) is 17.2. The fourth-order valence-corrected chi connectivity index (χ4v) is 11.8. The van der Waals surface area contributed by atoms with Crippen molar-refractivity contribution < 1.29 is 65.5 Å². The van der Waals surface area contributed by atoms with Gasteiger partial charge >= 0.3 is 0 Å². The molecule has 0 aliphatic heterocycles. The van der Waals surface area contributed by atoms with E-state index in [-0.39, 0.29) is 65.7 Å². The molecule has 7 aromatic heterocycles. The van der Waals surface area contributed by atoms with E-state index in [0.29, 0.717) is 31.9 Å². The lowest BCUT2D eigenvalue weighted by Gasteiger charge is -2.13. The lowest BCUT2D eigenvalue weighted by molar-refractivity contribution is 0.0770. The minimum absolute atomic E-state index is 0.0337. The first kappa shape index (κ1) is 55.6. The van der Waals surface area contributed by atoms with Gasteiger partial charge in [-0.05, 0) is 74.2 Å². The highest BCUT2D eigenvalue weighted by atomic mass is 35.5. The first-order valence-corrected chi connectivity index (χ1v) is 28.1. The zero-order chi connectivity index (χ0) is 56.0. The van der Waals surface area contributed by atoms with Gasteiger partial charge in [-0.25, -0.2) is 62.2 Å². The molecule has 0 saturated heterocycles. The van der Waals surface area contributed by atoms with E-state index >= 15 is 0 Å². The molecule has 2 fully saturated rings. The van der Waals surface area contributed by atoms with Crippen molar-refractivity contribution in [1.82, 2.24) is 34.9 Å². The van der Waals surface area contributed by atoms with Gasteiger partial charge in [0.05, 0.1) is 18.5 Å². The third-order valence-corrected chi connectivity index (χ3v) is 16.5. The molecule has 0 bridgehead atoms. The smallest absolute Gasteiger partial charge is 0.272 e. The van der Waals surface area contributed by atoms with Crippen LogP contribution in [0.15, 0.2) is 100 Å². The number of sulfonamides is 3. The standard InChI is InChI=1S/C16H13ClF3N3O4S.C16H12ClF2N3O2S.C15H11ClF2N4O2S/c1-26-16-12(5-10(18)15(22-16)27-7-14(19)20)23-28(24,25)13-6-21-11-4-8(17)2-3-9(11)13;17-9-3-4-10-12(5-9)20-7-14(10)25(23,24)22-13-6-11(18)15(8-1-2-8)21-16(13)19;16-12-4-3-8-11(6-19-15(8)20-12)25(23,24)22-10-5-9(17)13(7-1-2-7)21-14(10)18/h2-6,14,21,23H,7H2,1H3;3-8,20,22H,1-2H2;3-7,22H,1-2H2,(H,19,20). The molecule has 2 aliphatic carbocycles. The van der Waals surface area contributed by atoms with Gasteiger partial charge in [-0.1, -0.05) is 34.8 Å². The molecule has 78 heavy (non-hydrogen) atoms. The summed E-state index contributed by atoms with van der Waals surface area (Å²) in [5.74, 6) is -5.95. The summed E-state index contributed by atoms with van der Waals surface area (Å²) in [6, 6.07) is 14.5. The number of ether oxygens (including phenoxy) is 2. The Hall–Kier alpha value is -7.11. The Morgan fingerprint density at radius 2 is 1.00 bits per heavy atom. The highest BCUT2D eigenvalue weighted by molar-refractivity contribution is 7.93. The van der Waals surface area contributed by atoms with Crippen molar-refractivity contribution >= 4 is 115 Å². The quantitative estimate of drug-likeness (QED) is 0.0414. The molecule has 2 aliphatic rings. The van der Waals surface area contributed by atoms with Gasteiger partial charge in [-0.2, -0.15) is 13.8 Å². The van der Waals surface area contributed by atoms with Crippen LogP contribution >= 0.6 is 34.8 Å². The third-order valence-electron chi connectivity index (χ3n) is 11.6. The molecule has 18 nitrogen and oxygen atoms in total. The van der Waals surface area contributed by atoms with Crippen LogP contribution in [0.5, 0.6) is 11.8 Å². The van der Waals surface area contributed by atoms with Crippen LogP contribution in [0.2, 0.25) is 15.2 Å². The maximum atomic E-state index is 14.1. The van der Waals surface area contributed by atoms with Crippen LogP contribution in [-0.4, -0.2) is 80.3 Å². The van der Waals surface area contributed by atoms with Gasteiger partial charge in [0.25, 0.3) is 42.4 Å². The van der Waals surface area contributed by atoms with E-state index in [0.717, 1.165) is 51.0 Å². The Labute approximate surface area is 452 Å². The van der Waals surface area contributed by atoms with E-state index in [9.17, 15) is 56.0 Å². The number of halogens is 10. The molecule has 410 valence electrons. The van der Waals surface area contributed by atoms with Crippen molar-refractivity contribution in [3.05, 3.63) is 141 Å². The molecular formula is C47H36Cl3F7N10O8S3. The minimum atomic E-state index is -4.18. The van der Waals surface area contributed by atoms with E-state index in [1.54, 1.807) is 18.2 Å². The maximum Gasteiger partial charge on any atom is 0.272 e. The third kappa shape index (κ3) is 12.3. The van der Waals surface area contributed by atoms with Gasteiger partial charge in [0.15, 0.2) is 12.4 Å². The summed E-state index contributed by atoms with van der Waals surface area (Å²) in [7, 11) is -11.3. The number of benzene rings is 2. The number of aromatic amines is 3. The van der Waals surface area contributed by atoms with E-state index < -0.39 is 89.7 Å². The normalized spacial score (nSPS) is 13.7. The molecule has 2 saturated carbocycles. The first-order chi connectivity index (χ1) is 36.9. The molecule has 9 aromatic rings. The van der Waals surface area contributed by atoms with Gasteiger partial charge in [0.2, 0.25) is 17.8 Å². The Morgan fingerprint density at radius 3 is 1.46 bits per heavy atom. The molecule has 31 heteroatoms. The Kier molecular flexibility index (Phi) is 15.7. The SMILES string of the molecule is COc1nc(OCC(F)F)c(F)cc1NS(=O)(=O)c1c[nH]c2cc(Cl)ccc12.O=S(=O)(Nc1cc(F)c(C2CC2)nc1F)c1c[nH]c2cc(Cl)ccc12.O=S(=O)(Nc1cc(F)c(C2CC2)nc1F)c1c[nH]c2nc(Cl)ccc12. The number of rotatable bonds is 15. The maximum absolute atomic E-state index is 14.1. The van der Waals surface area contributed by atoms with Crippen molar-refractivity contribution in [3.63, 3.8) is 0 Å². The summed E-state index contributed by atoms with van der Waals surface area (Å²) in [6.45, 7) is -1.07. The van der Waals surface area contributed by atoms with Crippen LogP contribution in [0, 0.1) is 29.3 Å². The Balaban J connectivity index is 0.000000142. The number of alkyl halides is 2. The van der Waals surface area contributed by atoms with Gasteiger partial charge in [-0.15, -0.1) is 0 Å². The molecule has 6 N–H and O–H groups in total. The molecule has 0 radical (unpaired) electrons. The van der Waals surface area contributed by atoms with Crippen molar-refractivity contribution in [2.45, 2.75) is 58.6 Å². The summed E-state index contributed by atoms with van der Waals surface area (Å²) in [5.41, 5.74) is -0.0481. The summed E-state index contributed by atoms with van der Waals surface area (Å²) in [6.07, 6.45) is 3.90. The van der Waals surface area contributed by atoms with Crippen LogP contribution in [0.25, 0.3) is 32.8 Å². The van der Waals surface area contributed by atoms with Crippen LogP contribution in [-0.2, 0) is 30.1 Å². The Morgan fingerprint density at radius 1 is 0.564 bits per heavy atom. The summed E-state index contributed by atoms with van der Waals surface area (Å²) >= 11 is 17.5. The topological polar surface area (TPSA) is 256 Å². The highest BCUT2D eigenvalue weighted by Crippen LogP contribution is 2.42. The molecule has 0 atom stereocenters. The van der Waals surface area contributed by atoms with E-state index in [2.05, 4.69) is 49.1 Å². The first-order valence-electron chi connectivity index (χ1n) is 22.5. The average Bonchev–Trinajstić information content (AvgIpc) is 4.32. The van der Waals surface area contributed by atoms with Crippen molar-refractivity contribution in [3.8, 4) is 11.8 Å².